The Labute approximate surface area is 135 Å². The molecule has 1 aliphatic heterocycles. The van der Waals surface area contributed by atoms with E-state index in [1.165, 1.54) is 0 Å². The summed E-state index contributed by atoms with van der Waals surface area (Å²) in [6.45, 7) is 5.10. The number of carbonyl (C=O) groups is 2. The van der Waals surface area contributed by atoms with Crippen LogP contribution in [0, 0.1) is 0 Å². The Bertz CT molecular complexity index is 555. The second-order valence-corrected chi connectivity index (χ2v) is 6.57. The van der Waals surface area contributed by atoms with Crippen molar-refractivity contribution < 1.29 is 23.5 Å². The number of alkyl halides is 1. The summed E-state index contributed by atoms with van der Waals surface area (Å²) in [6, 6.07) is 8.23. The van der Waals surface area contributed by atoms with Gasteiger partial charge in [-0.15, -0.1) is 0 Å². The van der Waals surface area contributed by atoms with Crippen LogP contribution in [-0.2, 0) is 20.9 Å². The second kappa shape index (κ2) is 6.98. The molecule has 1 amide bonds. The molecule has 0 aromatic heterocycles. The number of halogens is 1. The molecule has 2 unspecified atom stereocenters. The highest BCUT2D eigenvalue weighted by Gasteiger charge is 2.42. The zero-order chi connectivity index (χ0) is 17.0. The molecule has 1 aromatic rings. The Kier molecular flexibility index (Phi) is 5.23. The zero-order valence-corrected chi connectivity index (χ0v) is 13.6. The van der Waals surface area contributed by atoms with E-state index in [0.717, 1.165) is 10.5 Å². The first-order valence-corrected chi connectivity index (χ1v) is 7.60. The Morgan fingerprint density at radius 3 is 2.52 bits per heavy atom. The monoisotopic (exact) mass is 323 g/mol. The molecular weight excluding hydrogens is 301 g/mol. The molecule has 1 aliphatic rings. The van der Waals surface area contributed by atoms with E-state index < -0.39 is 29.9 Å². The van der Waals surface area contributed by atoms with Crippen molar-refractivity contribution >= 4 is 12.1 Å². The van der Waals surface area contributed by atoms with Crippen molar-refractivity contribution in [3.05, 3.63) is 35.9 Å². The van der Waals surface area contributed by atoms with Crippen LogP contribution in [-0.4, -0.2) is 41.3 Å². The van der Waals surface area contributed by atoms with Gasteiger partial charge < -0.3 is 9.47 Å². The van der Waals surface area contributed by atoms with Crippen LogP contribution < -0.4 is 0 Å². The van der Waals surface area contributed by atoms with Crippen LogP contribution in [0.25, 0.3) is 0 Å². The highest BCUT2D eigenvalue weighted by molar-refractivity contribution is 5.82. The van der Waals surface area contributed by atoms with Crippen molar-refractivity contribution in [2.75, 3.05) is 6.54 Å². The fraction of sp³-hybridized carbons (Fsp3) is 0.529. The van der Waals surface area contributed by atoms with Crippen LogP contribution in [0.2, 0.25) is 0 Å². The molecule has 6 heteroatoms. The fourth-order valence-corrected chi connectivity index (χ4v) is 2.38. The maximum atomic E-state index is 13.7. The summed E-state index contributed by atoms with van der Waals surface area (Å²) in [5, 5.41) is 0. The number of likely N-dealkylation sites (tertiary alicyclic amines) is 1. The molecule has 23 heavy (non-hydrogen) atoms. The lowest BCUT2D eigenvalue weighted by Gasteiger charge is -2.26. The van der Waals surface area contributed by atoms with Crippen molar-refractivity contribution in [1.29, 1.82) is 0 Å². The number of nitrogens with zero attached hydrogens (tertiary/aromatic N) is 1. The van der Waals surface area contributed by atoms with Crippen molar-refractivity contribution in [2.45, 2.75) is 51.6 Å². The van der Waals surface area contributed by atoms with Gasteiger partial charge in [-0.3, -0.25) is 4.90 Å². The van der Waals surface area contributed by atoms with Crippen LogP contribution in [0.15, 0.2) is 30.3 Å². The lowest BCUT2D eigenvalue weighted by atomic mass is 10.1. The molecule has 0 saturated carbocycles. The van der Waals surface area contributed by atoms with Crippen LogP contribution in [0.5, 0.6) is 0 Å². The molecule has 1 aromatic carbocycles. The third kappa shape index (κ3) is 4.94. The number of esters is 1. The highest BCUT2D eigenvalue weighted by atomic mass is 19.1. The molecule has 126 valence electrons. The van der Waals surface area contributed by atoms with Gasteiger partial charge in [0.05, 0.1) is 6.54 Å². The number of hydrogen-bond donors (Lipinski definition) is 0. The highest BCUT2D eigenvalue weighted by Crippen LogP contribution is 2.24. The molecule has 2 rings (SSSR count). The van der Waals surface area contributed by atoms with Gasteiger partial charge in [0.1, 0.15) is 24.4 Å². The number of rotatable bonds is 3. The van der Waals surface area contributed by atoms with Crippen LogP contribution in [0.1, 0.15) is 32.8 Å². The van der Waals surface area contributed by atoms with Crippen LogP contribution in [0.3, 0.4) is 0 Å². The minimum atomic E-state index is -1.25. The van der Waals surface area contributed by atoms with Gasteiger partial charge in [0.25, 0.3) is 0 Å². The van der Waals surface area contributed by atoms with E-state index in [1.807, 2.05) is 30.3 Å². The second-order valence-electron chi connectivity index (χ2n) is 6.57. The summed E-state index contributed by atoms with van der Waals surface area (Å²) in [6.07, 6.45) is -2.02. The summed E-state index contributed by atoms with van der Waals surface area (Å²) in [5.74, 6) is -0.602. The number of ether oxygens (including phenoxy) is 2. The molecule has 1 fully saturated rings. The maximum Gasteiger partial charge on any atom is 0.410 e. The van der Waals surface area contributed by atoms with E-state index in [1.54, 1.807) is 20.8 Å². The average molecular weight is 323 g/mol. The van der Waals surface area contributed by atoms with Gasteiger partial charge >= 0.3 is 12.1 Å². The van der Waals surface area contributed by atoms with Gasteiger partial charge in [-0.1, -0.05) is 30.3 Å². The summed E-state index contributed by atoms with van der Waals surface area (Å²) >= 11 is 0. The summed E-state index contributed by atoms with van der Waals surface area (Å²) in [4.78, 5) is 25.4. The predicted molar refractivity (Wildman–Crippen MR) is 82.5 cm³/mol. The quantitative estimate of drug-likeness (QED) is 0.802. The predicted octanol–water partition coefficient (Wildman–Crippen LogP) is 3.08. The summed E-state index contributed by atoms with van der Waals surface area (Å²) in [5.41, 5.74) is 0.135. The van der Waals surface area contributed by atoms with E-state index in [4.69, 9.17) is 9.47 Å². The Hall–Kier alpha value is -2.11. The number of carbonyl (C=O) groups excluding carboxylic acids is 2. The Morgan fingerprint density at radius 2 is 1.91 bits per heavy atom. The van der Waals surface area contributed by atoms with Crippen LogP contribution >= 0.6 is 0 Å². The molecule has 2 atom stereocenters. The smallest absolute Gasteiger partial charge is 0.410 e. The Morgan fingerprint density at radius 1 is 1.26 bits per heavy atom. The van der Waals surface area contributed by atoms with E-state index >= 15 is 0 Å². The SMILES string of the molecule is CC(C)(C)OC(=O)C1CC(F)CN1C(=O)OCc1ccccc1. The van der Waals surface area contributed by atoms with E-state index in [0.29, 0.717) is 0 Å². The van der Waals surface area contributed by atoms with Crippen molar-refractivity contribution in [3.63, 3.8) is 0 Å². The largest absolute Gasteiger partial charge is 0.458 e. The average Bonchev–Trinajstić information content (AvgIpc) is 2.86. The number of amides is 1. The molecule has 5 nitrogen and oxygen atoms in total. The molecule has 0 bridgehead atoms. The normalized spacial score (nSPS) is 21.1. The van der Waals surface area contributed by atoms with Gasteiger partial charge in [0.15, 0.2) is 0 Å². The van der Waals surface area contributed by atoms with Gasteiger partial charge in [0, 0.05) is 6.42 Å². The van der Waals surface area contributed by atoms with Crippen molar-refractivity contribution in [3.8, 4) is 0 Å². The van der Waals surface area contributed by atoms with Gasteiger partial charge in [-0.25, -0.2) is 14.0 Å². The third-order valence-corrected chi connectivity index (χ3v) is 3.37. The minimum Gasteiger partial charge on any atom is -0.458 e. The molecule has 1 heterocycles. The first-order chi connectivity index (χ1) is 10.8. The van der Waals surface area contributed by atoms with Crippen molar-refractivity contribution in [1.82, 2.24) is 4.90 Å². The molecular formula is C17H22FNO4. The van der Waals surface area contributed by atoms with Gasteiger partial charge in [-0.05, 0) is 26.3 Å². The first-order valence-electron chi connectivity index (χ1n) is 7.60. The zero-order valence-electron chi connectivity index (χ0n) is 13.6. The molecule has 1 saturated heterocycles. The van der Waals surface area contributed by atoms with Crippen molar-refractivity contribution in [2.24, 2.45) is 0 Å². The molecule has 0 aliphatic carbocycles. The lowest BCUT2D eigenvalue weighted by molar-refractivity contribution is -0.159. The molecule has 0 N–H and O–H groups in total. The first kappa shape index (κ1) is 17.2. The lowest BCUT2D eigenvalue weighted by Crippen LogP contribution is -2.43. The number of benzene rings is 1. The summed E-state index contributed by atoms with van der Waals surface area (Å²) < 4.78 is 24.1. The maximum absolute atomic E-state index is 13.7. The molecule has 0 spiro atoms. The van der Waals surface area contributed by atoms with E-state index in [-0.39, 0.29) is 19.6 Å². The van der Waals surface area contributed by atoms with Gasteiger partial charge in [-0.2, -0.15) is 0 Å². The Balaban J connectivity index is 1.98. The van der Waals surface area contributed by atoms with Gasteiger partial charge in [0.2, 0.25) is 0 Å². The fourth-order valence-electron chi connectivity index (χ4n) is 2.38. The minimum absolute atomic E-state index is 0.0602. The van der Waals surface area contributed by atoms with Crippen LogP contribution in [0.4, 0.5) is 9.18 Å². The number of hydrogen-bond acceptors (Lipinski definition) is 4. The summed E-state index contributed by atoms with van der Waals surface area (Å²) in [7, 11) is 0. The third-order valence-electron chi connectivity index (χ3n) is 3.37. The standard InChI is InChI=1S/C17H22FNO4/c1-17(2,3)23-15(20)14-9-13(18)10-19(14)16(21)22-11-12-7-5-4-6-8-12/h4-8,13-14H,9-11H2,1-3H3. The van der Waals surface area contributed by atoms with E-state index in [9.17, 15) is 14.0 Å². The topological polar surface area (TPSA) is 55.8 Å². The molecule has 0 radical (unpaired) electrons. The van der Waals surface area contributed by atoms with E-state index in [2.05, 4.69) is 0 Å².